The molecule has 0 radical (unpaired) electrons. The van der Waals surface area contributed by atoms with Gasteiger partial charge in [0.2, 0.25) is 15.9 Å². The first-order valence-corrected chi connectivity index (χ1v) is 11.4. The Kier molecular flexibility index (Phi) is 7.96. The van der Waals surface area contributed by atoms with Gasteiger partial charge < -0.3 is 10.6 Å². The van der Waals surface area contributed by atoms with E-state index in [1.54, 1.807) is 0 Å². The maximum Gasteiger partial charge on any atom is 0.238 e. The summed E-state index contributed by atoms with van der Waals surface area (Å²) in [7, 11) is -3.75. The van der Waals surface area contributed by atoms with Crippen LogP contribution in [0.4, 0.5) is 5.69 Å². The quantitative estimate of drug-likeness (QED) is 0.578. The van der Waals surface area contributed by atoms with E-state index in [1.807, 2.05) is 0 Å². The molecular formula is C22H31N3O3S. The molecule has 0 spiro atoms. The number of sulfonamides is 1. The van der Waals surface area contributed by atoms with E-state index < -0.39 is 10.0 Å². The van der Waals surface area contributed by atoms with Gasteiger partial charge in [0.05, 0.1) is 11.4 Å². The lowest BCUT2D eigenvalue weighted by molar-refractivity contribution is -0.115. The summed E-state index contributed by atoms with van der Waals surface area (Å²) in [5, 5.41) is 11.2. The smallest absolute Gasteiger partial charge is 0.238 e. The highest BCUT2D eigenvalue weighted by molar-refractivity contribution is 7.89. The molecule has 4 N–H and O–H groups in total. The first-order chi connectivity index (χ1) is 13.6. The minimum atomic E-state index is -3.75. The molecule has 0 aromatic heterocycles. The number of anilines is 1. The summed E-state index contributed by atoms with van der Waals surface area (Å²) >= 11 is 0. The normalized spacial score (nSPS) is 13.9. The van der Waals surface area contributed by atoms with E-state index in [2.05, 4.69) is 62.6 Å². The third kappa shape index (κ3) is 6.66. The molecule has 0 heterocycles. The Balaban J connectivity index is 1.98. The summed E-state index contributed by atoms with van der Waals surface area (Å²) in [6.45, 7) is 8.77. The van der Waals surface area contributed by atoms with Crippen molar-refractivity contribution in [1.29, 1.82) is 0 Å². The minimum Gasteiger partial charge on any atom is -0.325 e. The number of rotatable bonds is 9. The Hall–Kier alpha value is -2.22. The predicted octanol–water partition coefficient (Wildman–Crippen LogP) is 3.77. The number of carbonyl (C=O) groups is 1. The number of hydrogen-bond acceptors (Lipinski definition) is 4. The van der Waals surface area contributed by atoms with Crippen molar-refractivity contribution in [1.82, 2.24) is 5.32 Å². The molecule has 1 amide bonds. The number of carbonyl (C=O) groups excluding carboxylic acids is 1. The highest BCUT2D eigenvalue weighted by atomic mass is 32.2. The summed E-state index contributed by atoms with van der Waals surface area (Å²) < 4.78 is 22.6. The summed E-state index contributed by atoms with van der Waals surface area (Å²) in [5.41, 5.74) is 2.99. The second kappa shape index (κ2) is 10.0. The lowest BCUT2D eigenvalue weighted by atomic mass is 9.92. The van der Waals surface area contributed by atoms with Crippen molar-refractivity contribution in [2.75, 3.05) is 11.9 Å². The van der Waals surface area contributed by atoms with E-state index in [-0.39, 0.29) is 23.4 Å². The molecule has 2 unspecified atom stereocenters. The molecule has 0 aliphatic carbocycles. The van der Waals surface area contributed by atoms with Gasteiger partial charge in [-0.25, -0.2) is 13.6 Å². The Labute approximate surface area is 173 Å². The molecule has 0 aliphatic rings. The van der Waals surface area contributed by atoms with Gasteiger partial charge in [-0.2, -0.15) is 0 Å². The molecule has 0 bridgehead atoms. The molecule has 0 fully saturated rings. The van der Waals surface area contributed by atoms with Crippen molar-refractivity contribution >= 4 is 21.6 Å². The van der Waals surface area contributed by atoms with Gasteiger partial charge in [-0.15, -0.1) is 0 Å². The Bertz CT molecular complexity index is 907. The monoisotopic (exact) mass is 417 g/mol. The molecule has 158 valence electrons. The molecule has 29 heavy (non-hydrogen) atoms. The summed E-state index contributed by atoms with van der Waals surface area (Å²) in [5.74, 6) is 0.641. The molecule has 2 rings (SSSR count). The molecule has 2 atom stereocenters. The maximum atomic E-state index is 12.3. The van der Waals surface area contributed by atoms with E-state index in [9.17, 15) is 13.2 Å². The zero-order valence-corrected chi connectivity index (χ0v) is 18.3. The highest BCUT2D eigenvalue weighted by Crippen LogP contribution is 2.25. The Morgan fingerprint density at radius 3 is 2.00 bits per heavy atom. The standard InChI is InChI=1S/C22H31N3O3S/c1-5-16(4)17-6-8-18(9-7-17)22(15(2)3)24-14-21(26)25-19-10-12-20(13-11-19)29(23,27)28/h6-13,15-16,22,24H,5,14H2,1-4H3,(H,25,26)(H2,23,27,28). The SMILES string of the molecule is CCC(C)c1ccc(C(NCC(=O)Nc2ccc(S(N)(=O)=O)cc2)C(C)C)cc1. The molecule has 0 aliphatic heterocycles. The third-order valence-corrected chi connectivity index (χ3v) is 6.02. The van der Waals surface area contributed by atoms with Gasteiger partial charge in [-0.1, -0.05) is 52.0 Å². The molecule has 6 nitrogen and oxygen atoms in total. The zero-order chi connectivity index (χ0) is 21.6. The van der Waals surface area contributed by atoms with Crippen molar-refractivity contribution in [3.8, 4) is 0 Å². The van der Waals surface area contributed by atoms with Crippen LogP contribution in [0.1, 0.15) is 57.2 Å². The number of primary sulfonamides is 1. The van der Waals surface area contributed by atoms with Crippen LogP contribution in [0.15, 0.2) is 53.4 Å². The molecule has 2 aromatic rings. The van der Waals surface area contributed by atoms with Gasteiger partial charge in [0, 0.05) is 11.7 Å². The second-order valence-corrected chi connectivity index (χ2v) is 9.26. The molecule has 7 heteroatoms. The first kappa shape index (κ1) is 23.1. The highest BCUT2D eigenvalue weighted by Gasteiger charge is 2.17. The number of nitrogens with one attached hydrogen (secondary N) is 2. The van der Waals surface area contributed by atoms with Crippen molar-refractivity contribution in [3.63, 3.8) is 0 Å². The fourth-order valence-electron chi connectivity index (χ4n) is 3.14. The third-order valence-electron chi connectivity index (χ3n) is 5.09. The van der Waals surface area contributed by atoms with Crippen LogP contribution < -0.4 is 15.8 Å². The van der Waals surface area contributed by atoms with E-state index in [0.717, 1.165) is 12.0 Å². The van der Waals surface area contributed by atoms with Crippen LogP contribution in [0.25, 0.3) is 0 Å². The predicted molar refractivity (Wildman–Crippen MR) is 117 cm³/mol. The fraction of sp³-hybridized carbons (Fsp3) is 0.409. The van der Waals surface area contributed by atoms with Gasteiger partial charge in [0.25, 0.3) is 0 Å². The zero-order valence-electron chi connectivity index (χ0n) is 17.5. The van der Waals surface area contributed by atoms with Crippen LogP contribution in [0, 0.1) is 5.92 Å². The van der Waals surface area contributed by atoms with Crippen LogP contribution >= 0.6 is 0 Å². The van der Waals surface area contributed by atoms with E-state index >= 15 is 0 Å². The van der Waals surface area contributed by atoms with Gasteiger partial charge in [-0.05, 0) is 53.6 Å². The van der Waals surface area contributed by atoms with Crippen LogP contribution in [0.3, 0.4) is 0 Å². The molecule has 2 aromatic carbocycles. The molecule has 0 saturated carbocycles. The van der Waals surface area contributed by atoms with Crippen LogP contribution in [0.2, 0.25) is 0 Å². The Morgan fingerprint density at radius 2 is 1.52 bits per heavy atom. The lowest BCUT2D eigenvalue weighted by Crippen LogP contribution is -2.33. The number of hydrogen-bond donors (Lipinski definition) is 3. The minimum absolute atomic E-state index is 0.00864. The van der Waals surface area contributed by atoms with E-state index in [0.29, 0.717) is 17.5 Å². The maximum absolute atomic E-state index is 12.3. The largest absolute Gasteiger partial charge is 0.325 e. The summed E-state index contributed by atoms with van der Waals surface area (Å²) in [6, 6.07) is 14.4. The molecular weight excluding hydrogens is 386 g/mol. The first-order valence-electron chi connectivity index (χ1n) is 9.87. The van der Waals surface area contributed by atoms with Crippen LogP contribution in [-0.4, -0.2) is 20.9 Å². The van der Waals surface area contributed by atoms with Gasteiger partial charge in [0.15, 0.2) is 0 Å². The number of benzene rings is 2. The number of nitrogens with two attached hydrogens (primary N) is 1. The molecule has 0 saturated heterocycles. The summed E-state index contributed by atoms with van der Waals surface area (Å²) in [6.07, 6.45) is 1.10. The van der Waals surface area contributed by atoms with Gasteiger partial charge >= 0.3 is 0 Å². The topological polar surface area (TPSA) is 101 Å². The van der Waals surface area contributed by atoms with Crippen LogP contribution in [0.5, 0.6) is 0 Å². The second-order valence-electron chi connectivity index (χ2n) is 7.70. The number of amides is 1. The lowest BCUT2D eigenvalue weighted by Gasteiger charge is -2.23. The van der Waals surface area contributed by atoms with E-state index in [1.165, 1.54) is 29.8 Å². The van der Waals surface area contributed by atoms with Gasteiger partial charge in [0.1, 0.15) is 0 Å². The summed E-state index contributed by atoms with van der Waals surface area (Å²) in [4.78, 5) is 12.3. The fourth-order valence-corrected chi connectivity index (χ4v) is 3.66. The van der Waals surface area contributed by atoms with E-state index in [4.69, 9.17) is 5.14 Å². The van der Waals surface area contributed by atoms with Crippen molar-refractivity contribution in [2.24, 2.45) is 11.1 Å². The van der Waals surface area contributed by atoms with Crippen molar-refractivity contribution in [2.45, 2.75) is 51.0 Å². The van der Waals surface area contributed by atoms with Crippen molar-refractivity contribution in [3.05, 3.63) is 59.7 Å². The Morgan fingerprint density at radius 1 is 0.966 bits per heavy atom. The van der Waals surface area contributed by atoms with Crippen LogP contribution in [-0.2, 0) is 14.8 Å². The average Bonchev–Trinajstić information content (AvgIpc) is 2.67. The van der Waals surface area contributed by atoms with Gasteiger partial charge in [-0.3, -0.25) is 4.79 Å². The average molecular weight is 418 g/mol. The van der Waals surface area contributed by atoms with Crippen molar-refractivity contribution < 1.29 is 13.2 Å².